The molecule has 2 aromatic carbocycles. The van der Waals surface area contributed by atoms with Gasteiger partial charge in [-0.1, -0.05) is 36.4 Å². The highest BCUT2D eigenvalue weighted by Crippen LogP contribution is 2.36. The van der Waals surface area contributed by atoms with Crippen LogP contribution in [0, 0.1) is 0 Å². The molecule has 0 aromatic heterocycles. The van der Waals surface area contributed by atoms with E-state index in [0.717, 1.165) is 6.42 Å². The summed E-state index contributed by atoms with van der Waals surface area (Å²) in [4.78, 5) is 11.6. The van der Waals surface area contributed by atoms with Gasteiger partial charge in [-0.05, 0) is 34.7 Å². The van der Waals surface area contributed by atoms with Crippen LogP contribution in [0.2, 0.25) is 0 Å². The molecule has 84 valence electrons. The van der Waals surface area contributed by atoms with Crippen LogP contribution in [0.3, 0.4) is 0 Å². The van der Waals surface area contributed by atoms with Gasteiger partial charge in [-0.15, -0.1) is 11.6 Å². The fourth-order valence-corrected chi connectivity index (χ4v) is 2.55. The first kappa shape index (κ1) is 10.5. The summed E-state index contributed by atoms with van der Waals surface area (Å²) in [6.45, 7) is 0. The second-order valence-corrected chi connectivity index (χ2v) is 4.53. The van der Waals surface area contributed by atoms with E-state index in [2.05, 4.69) is 18.2 Å². The highest BCUT2D eigenvalue weighted by molar-refractivity contribution is 6.30. The number of halogens is 1. The molecule has 17 heavy (non-hydrogen) atoms. The highest BCUT2D eigenvalue weighted by Gasteiger charge is 2.18. The van der Waals surface area contributed by atoms with Gasteiger partial charge >= 0.3 is 0 Å². The van der Waals surface area contributed by atoms with E-state index in [4.69, 9.17) is 11.6 Å². The number of Topliss-reactive ketones (excluding diaryl/α,β-unsaturated/α-hetero) is 1. The SMILES string of the molecule is O=C(CCl)c1ccc2c(c1)Cc1ccccc1-2. The predicted molar refractivity (Wildman–Crippen MR) is 69.7 cm³/mol. The lowest BCUT2D eigenvalue weighted by molar-refractivity contribution is 0.102. The topological polar surface area (TPSA) is 17.1 Å². The molecule has 3 rings (SSSR count). The Kier molecular flexibility index (Phi) is 2.49. The maximum absolute atomic E-state index is 11.6. The number of ketones is 1. The van der Waals surface area contributed by atoms with Gasteiger partial charge in [0.25, 0.3) is 0 Å². The molecule has 1 aliphatic rings. The van der Waals surface area contributed by atoms with E-state index in [1.807, 2.05) is 24.3 Å². The molecular formula is C15H11ClO. The van der Waals surface area contributed by atoms with Crippen molar-refractivity contribution in [3.63, 3.8) is 0 Å². The number of hydrogen-bond donors (Lipinski definition) is 0. The maximum Gasteiger partial charge on any atom is 0.177 e. The van der Waals surface area contributed by atoms with Gasteiger partial charge in [-0.3, -0.25) is 4.79 Å². The number of hydrogen-bond acceptors (Lipinski definition) is 1. The van der Waals surface area contributed by atoms with Crippen molar-refractivity contribution in [2.45, 2.75) is 6.42 Å². The predicted octanol–water partition coefficient (Wildman–Crippen LogP) is 3.68. The van der Waals surface area contributed by atoms with E-state index in [1.165, 1.54) is 22.3 Å². The molecule has 0 N–H and O–H groups in total. The zero-order valence-electron chi connectivity index (χ0n) is 9.24. The third-order valence-electron chi connectivity index (χ3n) is 3.24. The molecule has 1 nitrogen and oxygen atoms in total. The first-order valence-electron chi connectivity index (χ1n) is 5.60. The van der Waals surface area contributed by atoms with Gasteiger partial charge in [0.15, 0.2) is 5.78 Å². The molecule has 0 atom stereocenters. The molecule has 2 aromatic rings. The Morgan fingerprint density at radius 2 is 1.82 bits per heavy atom. The second-order valence-electron chi connectivity index (χ2n) is 4.26. The standard InChI is InChI=1S/C15H11ClO/c16-9-15(17)11-5-6-14-12(8-11)7-10-3-1-2-4-13(10)14/h1-6,8H,7,9H2. The average molecular weight is 243 g/mol. The van der Waals surface area contributed by atoms with Crippen molar-refractivity contribution >= 4 is 17.4 Å². The van der Waals surface area contributed by atoms with Crippen LogP contribution in [-0.4, -0.2) is 11.7 Å². The molecule has 0 spiro atoms. The quantitative estimate of drug-likeness (QED) is 0.495. The van der Waals surface area contributed by atoms with E-state index in [-0.39, 0.29) is 11.7 Å². The van der Waals surface area contributed by atoms with Gasteiger partial charge in [0.2, 0.25) is 0 Å². The van der Waals surface area contributed by atoms with Crippen LogP contribution in [0.15, 0.2) is 42.5 Å². The van der Waals surface area contributed by atoms with Crippen molar-refractivity contribution in [2.75, 3.05) is 5.88 Å². The summed E-state index contributed by atoms with van der Waals surface area (Å²) < 4.78 is 0. The lowest BCUT2D eigenvalue weighted by Gasteiger charge is -2.03. The first-order chi connectivity index (χ1) is 8.29. The van der Waals surface area contributed by atoms with Gasteiger partial charge in [0.05, 0.1) is 5.88 Å². The Labute approximate surface area is 105 Å². The molecule has 0 aliphatic heterocycles. The van der Waals surface area contributed by atoms with Gasteiger partial charge < -0.3 is 0 Å². The number of carbonyl (C=O) groups is 1. The van der Waals surface area contributed by atoms with E-state index < -0.39 is 0 Å². The Balaban J connectivity index is 2.10. The minimum absolute atomic E-state index is 0.00887. The fourth-order valence-electron chi connectivity index (χ4n) is 2.40. The van der Waals surface area contributed by atoms with Crippen LogP contribution in [-0.2, 0) is 6.42 Å². The summed E-state index contributed by atoms with van der Waals surface area (Å²) in [6.07, 6.45) is 0.912. The summed E-state index contributed by atoms with van der Waals surface area (Å²) in [5, 5.41) is 0. The summed E-state index contributed by atoms with van der Waals surface area (Å²) in [7, 11) is 0. The normalized spacial score (nSPS) is 12.1. The van der Waals surface area contributed by atoms with E-state index in [9.17, 15) is 4.79 Å². The smallest absolute Gasteiger partial charge is 0.177 e. The van der Waals surface area contributed by atoms with Crippen LogP contribution in [0.1, 0.15) is 21.5 Å². The molecule has 0 heterocycles. The van der Waals surface area contributed by atoms with Crippen LogP contribution in [0.4, 0.5) is 0 Å². The largest absolute Gasteiger partial charge is 0.293 e. The van der Waals surface area contributed by atoms with Crippen molar-refractivity contribution in [3.05, 3.63) is 59.2 Å². The summed E-state index contributed by atoms with van der Waals surface area (Å²) in [5.74, 6) is 0.0385. The molecule has 0 bridgehead atoms. The molecule has 0 amide bonds. The maximum atomic E-state index is 11.6. The van der Waals surface area contributed by atoms with Crippen LogP contribution in [0.5, 0.6) is 0 Å². The van der Waals surface area contributed by atoms with Crippen molar-refractivity contribution in [2.24, 2.45) is 0 Å². The summed E-state index contributed by atoms with van der Waals surface area (Å²) in [6, 6.07) is 14.2. The minimum atomic E-state index is -0.00887. The second kappa shape index (κ2) is 4.01. The average Bonchev–Trinajstić information content (AvgIpc) is 2.75. The number of fused-ring (bicyclic) bond motifs is 3. The number of carbonyl (C=O) groups excluding carboxylic acids is 1. The molecule has 2 heteroatoms. The van der Waals surface area contributed by atoms with Gasteiger partial charge in [0.1, 0.15) is 0 Å². The monoisotopic (exact) mass is 242 g/mol. The van der Waals surface area contributed by atoms with Crippen LogP contribution >= 0.6 is 11.6 Å². The molecule has 0 radical (unpaired) electrons. The van der Waals surface area contributed by atoms with Crippen molar-refractivity contribution < 1.29 is 4.79 Å². The fraction of sp³-hybridized carbons (Fsp3) is 0.133. The van der Waals surface area contributed by atoms with Gasteiger partial charge in [-0.25, -0.2) is 0 Å². The van der Waals surface area contributed by atoms with Gasteiger partial charge in [0, 0.05) is 5.56 Å². The lowest BCUT2D eigenvalue weighted by Crippen LogP contribution is -2.00. The van der Waals surface area contributed by atoms with Gasteiger partial charge in [-0.2, -0.15) is 0 Å². The number of alkyl halides is 1. The first-order valence-corrected chi connectivity index (χ1v) is 6.13. The number of benzene rings is 2. The minimum Gasteiger partial charge on any atom is -0.293 e. The third-order valence-corrected chi connectivity index (χ3v) is 3.48. The zero-order valence-corrected chi connectivity index (χ0v) is 10.00. The van der Waals surface area contributed by atoms with Crippen LogP contribution < -0.4 is 0 Å². The molecule has 1 aliphatic carbocycles. The lowest BCUT2D eigenvalue weighted by atomic mass is 10.0. The molecular weight excluding hydrogens is 232 g/mol. The Morgan fingerprint density at radius 3 is 2.65 bits per heavy atom. The summed E-state index contributed by atoms with van der Waals surface area (Å²) >= 11 is 5.58. The van der Waals surface area contributed by atoms with Crippen LogP contribution in [0.25, 0.3) is 11.1 Å². The van der Waals surface area contributed by atoms with Crippen molar-refractivity contribution in [3.8, 4) is 11.1 Å². The van der Waals surface area contributed by atoms with E-state index in [1.54, 1.807) is 0 Å². The Hall–Kier alpha value is -1.60. The molecule has 0 saturated carbocycles. The number of rotatable bonds is 2. The molecule has 0 fully saturated rings. The molecule has 0 saturated heterocycles. The Bertz CT molecular complexity index is 602. The third kappa shape index (κ3) is 1.67. The van der Waals surface area contributed by atoms with E-state index in [0.29, 0.717) is 5.56 Å². The van der Waals surface area contributed by atoms with Crippen molar-refractivity contribution in [1.29, 1.82) is 0 Å². The van der Waals surface area contributed by atoms with Crippen molar-refractivity contribution in [1.82, 2.24) is 0 Å². The molecule has 0 unspecified atom stereocenters. The Morgan fingerprint density at radius 1 is 1.06 bits per heavy atom. The highest BCUT2D eigenvalue weighted by atomic mass is 35.5. The summed E-state index contributed by atoms with van der Waals surface area (Å²) in [5.41, 5.74) is 5.80. The zero-order chi connectivity index (χ0) is 11.8. The van der Waals surface area contributed by atoms with E-state index >= 15 is 0 Å².